The molecule has 0 unspecified atom stereocenters. The maximum atomic E-state index is 12.1. The predicted molar refractivity (Wildman–Crippen MR) is 78.6 cm³/mol. The number of hydrogen-bond donors (Lipinski definition) is 2. The molecule has 0 radical (unpaired) electrons. The third-order valence-corrected chi connectivity index (χ3v) is 5.21. The van der Waals surface area contributed by atoms with Crippen LogP contribution in [0.2, 0.25) is 0 Å². The summed E-state index contributed by atoms with van der Waals surface area (Å²) >= 11 is 1.57. The van der Waals surface area contributed by atoms with Gasteiger partial charge >= 0.3 is 0 Å². The molecule has 2 rings (SSSR count). The van der Waals surface area contributed by atoms with Gasteiger partial charge in [0.15, 0.2) is 0 Å². The lowest BCUT2D eigenvalue weighted by molar-refractivity contribution is 0.581. The van der Waals surface area contributed by atoms with E-state index in [-0.39, 0.29) is 4.90 Å². The number of anilines is 1. The van der Waals surface area contributed by atoms with E-state index in [4.69, 9.17) is 5.73 Å². The highest BCUT2D eigenvalue weighted by molar-refractivity contribution is 7.89. The number of benzene rings is 1. The SMILES string of the molecule is CCc1ccsc1CNS(=O)(=O)c1ccc(N)cc1. The van der Waals surface area contributed by atoms with Gasteiger partial charge < -0.3 is 5.73 Å². The molecule has 0 bridgehead atoms. The minimum atomic E-state index is -3.48. The van der Waals surface area contributed by atoms with Gasteiger partial charge in [-0.15, -0.1) is 11.3 Å². The molecule has 102 valence electrons. The molecule has 0 aliphatic rings. The number of nitrogens with two attached hydrogens (primary N) is 1. The molecule has 0 fully saturated rings. The van der Waals surface area contributed by atoms with E-state index in [0.717, 1.165) is 11.3 Å². The number of hydrogen-bond acceptors (Lipinski definition) is 4. The monoisotopic (exact) mass is 296 g/mol. The van der Waals surface area contributed by atoms with Crippen molar-refractivity contribution in [2.75, 3.05) is 5.73 Å². The highest BCUT2D eigenvalue weighted by atomic mass is 32.2. The topological polar surface area (TPSA) is 72.2 Å². The van der Waals surface area contributed by atoms with Crippen molar-refractivity contribution in [3.05, 3.63) is 46.2 Å². The van der Waals surface area contributed by atoms with Gasteiger partial charge in [0.2, 0.25) is 10.0 Å². The number of aryl methyl sites for hydroxylation is 1. The van der Waals surface area contributed by atoms with Crippen LogP contribution in [0.15, 0.2) is 40.6 Å². The first-order chi connectivity index (χ1) is 9.03. The van der Waals surface area contributed by atoms with Crippen molar-refractivity contribution in [3.8, 4) is 0 Å². The molecular formula is C13H16N2O2S2. The fourth-order valence-corrected chi connectivity index (χ4v) is 3.73. The van der Waals surface area contributed by atoms with E-state index in [1.807, 2.05) is 11.4 Å². The van der Waals surface area contributed by atoms with Crippen molar-refractivity contribution in [2.24, 2.45) is 0 Å². The van der Waals surface area contributed by atoms with Crippen LogP contribution in [0.4, 0.5) is 5.69 Å². The van der Waals surface area contributed by atoms with Crippen LogP contribution in [0, 0.1) is 0 Å². The van der Waals surface area contributed by atoms with Crippen molar-refractivity contribution in [1.29, 1.82) is 0 Å². The van der Waals surface area contributed by atoms with Gasteiger partial charge in [-0.1, -0.05) is 6.92 Å². The van der Waals surface area contributed by atoms with Crippen molar-refractivity contribution >= 4 is 27.0 Å². The normalized spacial score (nSPS) is 11.6. The molecule has 19 heavy (non-hydrogen) atoms. The Bertz CT molecular complexity index is 646. The van der Waals surface area contributed by atoms with Gasteiger partial charge in [-0.3, -0.25) is 0 Å². The molecule has 4 nitrogen and oxygen atoms in total. The lowest BCUT2D eigenvalue weighted by atomic mass is 10.2. The Hall–Kier alpha value is -1.37. The van der Waals surface area contributed by atoms with Crippen LogP contribution in [0.3, 0.4) is 0 Å². The van der Waals surface area contributed by atoms with Crippen molar-refractivity contribution in [2.45, 2.75) is 24.8 Å². The molecule has 2 aromatic rings. The van der Waals surface area contributed by atoms with Crippen LogP contribution >= 0.6 is 11.3 Å². The number of sulfonamides is 1. The Kier molecular flexibility index (Phi) is 4.24. The van der Waals surface area contributed by atoms with Gasteiger partial charge in [0, 0.05) is 17.1 Å². The molecule has 1 aromatic carbocycles. The zero-order chi connectivity index (χ0) is 13.9. The van der Waals surface area contributed by atoms with Gasteiger partial charge in [-0.05, 0) is 47.7 Å². The highest BCUT2D eigenvalue weighted by Gasteiger charge is 2.14. The standard InChI is InChI=1S/C13H16N2O2S2/c1-2-10-7-8-18-13(10)9-15-19(16,17)12-5-3-11(14)4-6-12/h3-8,15H,2,9,14H2,1H3. The molecule has 6 heteroatoms. The summed E-state index contributed by atoms with van der Waals surface area (Å²) in [6, 6.07) is 8.20. The fourth-order valence-electron chi connectivity index (χ4n) is 1.73. The molecule has 1 aromatic heterocycles. The van der Waals surface area contributed by atoms with Gasteiger partial charge in [0.25, 0.3) is 0 Å². The first kappa shape index (κ1) is 14.0. The van der Waals surface area contributed by atoms with Gasteiger partial charge in [0.1, 0.15) is 0 Å². The Labute approximate surface area is 117 Å². The number of nitrogen functional groups attached to an aromatic ring is 1. The molecule has 0 saturated heterocycles. The highest BCUT2D eigenvalue weighted by Crippen LogP contribution is 2.18. The van der Waals surface area contributed by atoms with Gasteiger partial charge in [0.05, 0.1) is 4.90 Å². The third-order valence-electron chi connectivity index (χ3n) is 2.83. The summed E-state index contributed by atoms with van der Waals surface area (Å²) in [5.74, 6) is 0. The Morgan fingerprint density at radius 2 is 1.89 bits per heavy atom. The minimum Gasteiger partial charge on any atom is -0.399 e. The van der Waals surface area contributed by atoms with E-state index in [0.29, 0.717) is 12.2 Å². The maximum absolute atomic E-state index is 12.1. The van der Waals surface area contributed by atoms with E-state index in [1.165, 1.54) is 17.7 Å². The largest absolute Gasteiger partial charge is 0.399 e. The average Bonchev–Trinajstić information content (AvgIpc) is 2.84. The van der Waals surface area contributed by atoms with Crippen molar-refractivity contribution in [3.63, 3.8) is 0 Å². The molecule has 0 aliphatic heterocycles. The second kappa shape index (κ2) is 5.73. The summed E-state index contributed by atoms with van der Waals surface area (Å²) in [5, 5.41) is 1.98. The summed E-state index contributed by atoms with van der Waals surface area (Å²) in [6.45, 7) is 2.38. The Morgan fingerprint density at radius 1 is 1.21 bits per heavy atom. The van der Waals surface area contributed by atoms with E-state index in [9.17, 15) is 8.42 Å². The zero-order valence-corrected chi connectivity index (χ0v) is 12.2. The Morgan fingerprint density at radius 3 is 2.53 bits per heavy atom. The second-order valence-electron chi connectivity index (χ2n) is 4.12. The maximum Gasteiger partial charge on any atom is 0.240 e. The van der Waals surface area contributed by atoms with Crippen LogP contribution in [0.5, 0.6) is 0 Å². The van der Waals surface area contributed by atoms with Crippen LogP contribution in [-0.2, 0) is 23.0 Å². The molecule has 0 spiro atoms. The molecule has 0 saturated carbocycles. The smallest absolute Gasteiger partial charge is 0.240 e. The Balaban J connectivity index is 2.12. The van der Waals surface area contributed by atoms with Crippen LogP contribution in [0.1, 0.15) is 17.4 Å². The fraction of sp³-hybridized carbons (Fsp3) is 0.231. The van der Waals surface area contributed by atoms with Gasteiger partial charge in [-0.2, -0.15) is 0 Å². The van der Waals surface area contributed by atoms with E-state index in [1.54, 1.807) is 23.5 Å². The molecule has 0 aliphatic carbocycles. The summed E-state index contributed by atoms with van der Waals surface area (Å²) in [5.41, 5.74) is 7.28. The van der Waals surface area contributed by atoms with E-state index >= 15 is 0 Å². The molecule has 0 atom stereocenters. The first-order valence-corrected chi connectivity index (χ1v) is 8.29. The third kappa shape index (κ3) is 3.34. The lowest BCUT2D eigenvalue weighted by Gasteiger charge is -2.07. The lowest BCUT2D eigenvalue weighted by Crippen LogP contribution is -2.23. The molecule has 3 N–H and O–H groups in total. The van der Waals surface area contributed by atoms with E-state index in [2.05, 4.69) is 11.6 Å². The first-order valence-electron chi connectivity index (χ1n) is 5.93. The van der Waals surface area contributed by atoms with Crippen molar-refractivity contribution < 1.29 is 8.42 Å². The van der Waals surface area contributed by atoms with Crippen LogP contribution < -0.4 is 10.5 Å². The summed E-state index contributed by atoms with van der Waals surface area (Å²) in [6.07, 6.45) is 0.905. The van der Waals surface area contributed by atoms with Crippen LogP contribution in [-0.4, -0.2) is 8.42 Å². The quantitative estimate of drug-likeness (QED) is 0.832. The summed E-state index contributed by atoms with van der Waals surface area (Å²) in [4.78, 5) is 1.29. The molecular weight excluding hydrogens is 280 g/mol. The minimum absolute atomic E-state index is 0.233. The predicted octanol–water partition coefficient (Wildman–Crippen LogP) is 2.37. The van der Waals surface area contributed by atoms with Gasteiger partial charge in [-0.25, -0.2) is 13.1 Å². The van der Waals surface area contributed by atoms with E-state index < -0.39 is 10.0 Å². The zero-order valence-electron chi connectivity index (χ0n) is 10.6. The second-order valence-corrected chi connectivity index (χ2v) is 6.88. The molecule has 1 heterocycles. The molecule has 0 amide bonds. The summed E-state index contributed by atoms with van der Waals surface area (Å²) in [7, 11) is -3.48. The van der Waals surface area contributed by atoms with Crippen LogP contribution in [0.25, 0.3) is 0 Å². The summed E-state index contributed by atoms with van der Waals surface area (Å²) < 4.78 is 26.8. The average molecular weight is 296 g/mol. The van der Waals surface area contributed by atoms with Crippen molar-refractivity contribution in [1.82, 2.24) is 4.72 Å². The number of thiophene rings is 1. The number of nitrogens with one attached hydrogen (secondary N) is 1. The number of rotatable bonds is 5.